The number of ether oxygens (including phenoxy) is 1. The number of pyridine rings is 1. The van der Waals surface area contributed by atoms with Gasteiger partial charge in [-0.2, -0.15) is 0 Å². The molecule has 0 unspecified atom stereocenters. The van der Waals surface area contributed by atoms with Gasteiger partial charge in [0, 0.05) is 36.0 Å². The van der Waals surface area contributed by atoms with Gasteiger partial charge in [-0.25, -0.2) is 0 Å². The highest BCUT2D eigenvalue weighted by Crippen LogP contribution is 2.24. The van der Waals surface area contributed by atoms with Crippen molar-refractivity contribution in [3.05, 3.63) is 23.0 Å². The van der Waals surface area contributed by atoms with Gasteiger partial charge in [0.1, 0.15) is 11.5 Å². The molecular formula is C13H18ClNO2. The Kier molecular flexibility index (Phi) is 5.42. The molecule has 0 aliphatic heterocycles. The van der Waals surface area contributed by atoms with Crippen LogP contribution in [0.4, 0.5) is 0 Å². The number of carbonyl (C=O) groups is 1. The minimum atomic E-state index is 0.173. The molecule has 0 N–H and O–H groups in total. The first-order valence-electron chi connectivity index (χ1n) is 5.66. The second kappa shape index (κ2) is 6.60. The zero-order chi connectivity index (χ0) is 12.8. The smallest absolute Gasteiger partial charge is 0.138 e. The molecule has 1 aromatic heterocycles. The number of hydrogen-bond acceptors (Lipinski definition) is 3. The van der Waals surface area contributed by atoms with E-state index in [2.05, 4.69) is 4.98 Å². The van der Waals surface area contributed by atoms with Crippen LogP contribution in [0.1, 0.15) is 29.7 Å². The lowest BCUT2D eigenvalue weighted by molar-refractivity contribution is -0.118. The van der Waals surface area contributed by atoms with E-state index >= 15 is 0 Å². The Labute approximate surface area is 107 Å². The summed E-state index contributed by atoms with van der Waals surface area (Å²) < 4.78 is 5.31. The summed E-state index contributed by atoms with van der Waals surface area (Å²) in [5, 5.41) is 0. The number of aryl methyl sites for hydroxylation is 1. The molecule has 0 saturated heterocycles. The number of aromatic nitrogens is 1. The average Bonchev–Trinajstić information content (AvgIpc) is 2.31. The summed E-state index contributed by atoms with van der Waals surface area (Å²) in [6.45, 7) is 3.88. The Balaban J connectivity index is 2.81. The Hall–Kier alpha value is -1.09. The molecule has 0 radical (unpaired) electrons. The number of rotatable bonds is 6. The van der Waals surface area contributed by atoms with E-state index in [1.807, 2.05) is 13.8 Å². The molecule has 0 aromatic carbocycles. The van der Waals surface area contributed by atoms with Crippen molar-refractivity contribution in [2.75, 3.05) is 13.0 Å². The predicted molar refractivity (Wildman–Crippen MR) is 68.9 cm³/mol. The Morgan fingerprint density at radius 1 is 1.47 bits per heavy atom. The van der Waals surface area contributed by atoms with Crippen molar-refractivity contribution in [1.82, 2.24) is 4.98 Å². The molecule has 0 bridgehead atoms. The summed E-state index contributed by atoms with van der Waals surface area (Å²) in [6, 6.07) is 0. The third kappa shape index (κ3) is 3.70. The Morgan fingerprint density at radius 2 is 2.18 bits per heavy atom. The van der Waals surface area contributed by atoms with E-state index in [0.717, 1.165) is 29.0 Å². The van der Waals surface area contributed by atoms with Crippen molar-refractivity contribution in [2.45, 2.75) is 33.1 Å². The fourth-order valence-electron chi connectivity index (χ4n) is 1.79. The van der Waals surface area contributed by atoms with E-state index < -0.39 is 0 Å². The van der Waals surface area contributed by atoms with Crippen molar-refractivity contribution < 1.29 is 9.53 Å². The maximum absolute atomic E-state index is 11.7. The van der Waals surface area contributed by atoms with E-state index in [1.165, 1.54) is 0 Å². The van der Waals surface area contributed by atoms with Gasteiger partial charge in [0.25, 0.3) is 0 Å². The second-order valence-electron chi connectivity index (χ2n) is 4.05. The number of nitrogens with zero attached hydrogens (tertiary/aromatic N) is 1. The topological polar surface area (TPSA) is 39.2 Å². The first kappa shape index (κ1) is 14.0. The minimum Gasteiger partial charge on any atom is -0.496 e. The van der Waals surface area contributed by atoms with E-state index in [0.29, 0.717) is 18.7 Å². The van der Waals surface area contributed by atoms with Crippen molar-refractivity contribution in [2.24, 2.45) is 0 Å². The van der Waals surface area contributed by atoms with Gasteiger partial charge in [0.2, 0.25) is 0 Å². The Morgan fingerprint density at radius 3 is 2.76 bits per heavy atom. The van der Waals surface area contributed by atoms with Crippen molar-refractivity contribution in [1.29, 1.82) is 0 Å². The van der Waals surface area contributed by atoms with Crippen molar-refractivity contribution in [3.8, 4) is 5.75 Å². The lowest BCUT2D eigenvalue weighted by Crippen LogP contribution is -2.08. The molecule has 3 nitrogen and oxygen atoms in total. The maximum Gasteiger partial charge on any atom is 0.138 e. The van der Waals surface area contributed by atoms with Crippen LogP contribution in [-0.2, 0) is 11.2 Å². The zero-order valence-electron chi connectivity index (χ0n) is 10.5. The fourth-order valence-corrected chi connectivity index (χ4v) is 1.92. The van der Waals surface area contributed by atoms with Crippen LogP contribution < -0.4 is 4.74 Å². The molecule has 1 rings (SSSR count). The SMILES string of the molecule is COc1c(C)cnc(CC(=O)CCCCl)c1C. The van der Waals surface area contributed by atoms with Crippen molar-refractivity contribution in [3.63, 3.8) is 0 Å². The van der Waals surface area contributed by atoms with Crippen LogP contribution in [0, 0.1) is 13.8 Å². The number of alkyl halides is 1. The second-order valence-corrected chi connectivity index (χ2v) is 4.43. The first-order valence-corrected chi connectivity index (χ1v) is 6.20. The molecule has 4 heteroatoms. The quantitative estimate of drug-likeness (QED) is 0.734. The van der Waals surface area contributed by atoms with Gasteiger partial charge in [-0.15, -0.1) is 11.6 Å². The van der Waals surface area contributed by atoms with Gasteiger partial charge in [-0.1, -0.05) is 0 Å². The third-order valence-corrected chi connectivity index (χ3v) is 2.97. The van der Waals surface area contributed by atoms with Crippen LogP contribution in [0.5, 0.6) is 5.75 Å². The molecule has 1 aromatic rings. The van der Waals surface area contributed by atoms with Crippen LogP contribution >= 0.6 is 11.6 Å². The monoisotopic (exact) mass is 255 g/mol. The summed E-state index contributed by atoms with van der Waals surface area (Å²) in [4.78, 5) is 16.0. The lowest BCUT2D eigenvalue weighted by atomic mass is 10.0. The first-order chi connectivity index (χ1) is 8.10. The number of hydrogen-bond donors (Lipinski definition) is 0. The van der Waals surface area contributed by atoms with E-state index in [1.54, 1.807) is 13.3 Å². The van der Waals surface area contributed by atoms with E-state index in [4.69, 9.17) is 16.3 Å². The van der Waals surface area contributed by atoms with E-state index in [9.17, 15) is 4.79 Å². The highest BCUT2D eigenvalue weighted by atomic mass is 35.5. The highest BCUT2D eigenvalue weighted by Gasteiger charge is 2.12. The molecule has 94 valence electrons. The summed E-state index contributed by atoms with van der Waals surface area (Å²) in [6.07, 6.45) is 3.35. The Bertz CT molecular complexity index is 405. The lowest BCUT2D eigenvalue weighted by Gasteiger charge is -2.11. The molecule has 0 aliphatic carbocycles. The van der Waals surface area contributed by atoms with Gasteiger partial charge >= 0.3 is 0 Å². The molecular weight excluding hydrogens is 238 g/mol. The fraction of sp³-hybridized carbons (Fsp3) is 0.538. The molecule has 0 atom stereocenters. The molecule has 0 spiro atoms. The van der Waals surface area contributed by atoms with Gasteiger partial charge in [0.15, 0.2) is 0 Å². The van der Waals surface area contributed by atoms with Gasteiger partial charge in [-0.05, 0) is 20.3 Å². The number of Topliss-reactive ketones (excluding diaryl/α,β-unsaturated/α-hetero) is 1. The number of carbonyl (C=O) groups excluding carboxylic acids is 1. The third-order valence-electron chi connectivity index (χ3n) is 2.70. The van der Waals surface area contributed by atoms with Crippen LogP contribution in [0.15, 0.2) is 6.20 Å². The van der Waals surface area contributed by atoms with Gasteiger partial charge in [0.05, 0.1) is 12.8 Å². The summed E-state index contributed by atoms with van der Waals surface area (Å²) in [5.41, 5.74) is 2.74. The van der Waals surface area contributed by atoms with Gasteiger partial charge < -0.3 is 4.74 Å². The zero-order valence-corrected chi connectivity index (χ0v) is 11.3. The summed E-state index contributed by atoms with van der Waals surface area (Å²) in [5.74, 6) is 1.52. The summed E-state index contributed by atoms with van der Waals surface area (Å²) in [7, 11) is 1.63. The standard InChI is InChI=1S/C13H18ClNO2/c1-9-8-15-12(10(2)13(9)17-3)7-11(16)5-4-6-14/h8H,4-7H2,1-3H3. The number of ketones is 1. The average molecular weight is 256 g/mol. The van der Waals surface area contributed by atoms with Crippen molar-refractivity contribution >= 4 is 17.4 Å². The van der Waals surface area contributed by atoms with Crippen LogP contribution in [0.25, 0.3) is 0 Å². The number of halogens is 1. The molecule has 0 saturated carbocycles. The maximum atomic E-state index is 11.7. The molecule has 0 fully saturated rings. The molecule has 0 amide bonds. The predicted octanol–water partition coefficient (Wildman–Crippen LogP) is 2.84. The largest absolute Gasteiger partial charge is 0.496 e. The number of methoxy groups -OCH3 is 1. The molecule has 1 heterocycles. The van der Waals surface area contributed by atoms with Crippen LogP contribution in [0.3, 0.4) is 0 Å². The highest BCUT2D eigenvalue weighted by molar-refractivity contribution is 6.17. The minimum absolute atomic E-state index is 0.173. The molecule has 0 aliphatic rings. The van der Waals surface area contributed by atoms with Crippen LogP contribution in [-0.4, -0.2) is 23.8 Å². The van der Waals surface area contributed by atoms with Gasteiger partial charge in [-0.3, -0.25) is 9.78 Å². The van der Waals surface area contributed by atoms with E-state index in [-0.39, 0.29) is 5.78 Å². The molecule has 17 heavy (non-hydrogen) atoms. The van der Waals surface area contributed by atoms with Crippen LogP contribution in [0.2, 0.25) is 0 Å². The summed E-state index contributed by atoms with van der Waals surface area (Å²) >= 11 is 5.56. The normalized spacial score (nSPS) is 10.4.